The number of carboxylic acids is 1. The van der Waals surface area contributed by atoms with Gasteiger partial charge in [0.15, 0.2) is 0 Å². The molecule has 3 rings (SSSR count). The van der Waals surface area contributed by atoms with Crippen LogP contribution in [0, 0.1) is 0 Å². The summed E-state index contributed by atoms with van der Waals surface area (Å²) in [6, 6.07) is 15.4. The zero-order valence-corrected chi connectivity index (χ0v) is 13.1. The number of aromatic amines is 1. The van der Waals surface area contributed by atoms with Gasteiger partial charge in [-0.2, -0.15) is 0 Å². The number of carboxylic acid groups (broad SMARTS) is 1. The number of aliphatic carboxylic acids is 1. The number of H-pyrrole nitrogens is 1. The molecule has 2 aromatic carbocycles. The molecule has 0 amide bonds. The Labute approximate surface area is 135 Å². The van der Waals surface area contributed by atoms with Crippen LogP contribution >= 0.6 is 0 Å². The number of aromatic nitrogens is 1. The summed E-state index contributed by atoms with van der Waals surface area (Å²) in [4.78, 5) is 13.4. The highest BCUT2D eigenvalue weighted by molar-refractivity contribution is 5.87. The van der Waals surface area contributed by atoms with Crippen LogP contribution in [0.15, 0.2) is 54.7 Å². The number of aromatic hydroxyl groups is 1. The first-order valence-electron chi connectivity index (χ1n) is 7.65. The minimum atomic E-state index is -0.862. The lowest BCUT2D eigenvalue weighted by Crippen LogP contribution is -1.98. The third kappa shape index (κ3) is 4.88. The van der Waals surface area contributed by atoms with Crippen LogP contribution in [0.25, 0.3) is 10.9 Å². The summed E-state index contributed by atoms with van der Waals surface area (Å²) in [7, 11) is 0. The van der Waals surface area contributed by atoms with E-state index in [1.165, 1.54) is 18.4 Å². The second-order valence-corrected chi connectivity index (χ2v) is 5.35. The fourth-order valence-corrected chi connectivity index (χ4v) is 2.42. The van der Waals surface area contributed by atoms with Crippen molar-refractivity contribution in [2.45, 2.75) is 26.2 Å². The average Bonchev–Trinajstić information content (AvgIpc) is 2.91. The Morgan fingerprint density at radius 2 is 1.87 bits per heavy atom. The largest absolute Gasteiger partial charge is 0.508 e. The molecule has 4 heteroatoms. The Hall–Kier alpha value is -2.75. The number of aryl methyl sites for hydroxylation is 1. The summed E-state index contributed by atoms with van der Waals surface area (Å²) in [6.07, 6.45) is 4.09. The van der Waals surface area contributed by atoms with E-state index in [1.54, 1.807) is 24.4 Å². The van der Waals surface area contributed by atoms with E-state index in [4.69, 9.17) is 5.11 Å². The van der Waals surface area contributed by atoms with Crippen molar-refractivity contribution < 1.29 is 15.0 Å². The third-order valence-electron chi connectivity index (χ3n) is 3.47. The molecule has 0 aliphatic rings. The monoisotopic (exact) mass is 311 g/mol. The first-order chi connectivity index (χ1) is 11.1. The quantitative estimate of drug-likeness (QED) is 0.678. The van der Waals surface area contributed by atoms with Crippen LogP contribution in [0.1, 0.15) is 24.5 Å². The highest BCUT2D eigenvalue weighted by atomic mass is 16.4. The zero-order valence-electron chi connectivity index (χ0n) is 13.1. The number of hydrogen-bond acceptors (Lipinski definition) is 2. The van der Waals surface area contributed by atoms with Gasteiger partial charge in [-0.25, -0.2) is 0 Å². The number of fused-ring (bicyclic) bond motifs is 1. The third-order valence-corrected chi connectivity index (χ3v) is 3.47. The molecule has 0 saturated carbocycles. The van der Waals surface area contributed by atoms with Crippen molar-refractivity contribution >= 4 is 16.9 Å². The van der Waals surface area contributed by atoms with E-state index in [9.17, 15) is 9.90 Å². The van der Waals surface area contributed by atoms with E-state index in [1.807, 2.05) is 0 Å². The first-order valence-corrected chi connectivity index (χ1v) is 7.65. The topological polar surface area (TPSA) is 73.3 Å². The maximum absolute atomic E-state index is 10.5. The molecule has 0 unspecified atom stereocenters. The summed E-state index contributed by atoms with van der Waals surface area (Å²) in [5.41, 5.74) is 2.92. The molecule has 120 valence electrons. The number of benzene rings is 2. The summed E-state index contributed by atoms with van der Waals surface area (Å²) in [5.74, 6) is -0.694. The van der Waals surface area contributed by atoms with Crippen molar-refractivity contribution in [2.75, 3.05) is 0 Å². The van der Waals surface area contributed by atoms with Crippen molar-refractivity contribution in [1.82, 2.24) is 4.98 Å². The summed E-state index contributed by atoms with van der Waals surface area (Å²) < 4.78 is 0. The summed E-state index contributed by atoms with van der Waals surface area (Å²) in [6.45, 7) is 2.20. The van der Waals surface area contributed by atoms with E-state index in [0.29, 0.717) is 0 Å². The predicted octanol–water partition coefficient (Wildman–Crippen LogP) is 4.14. The van der Waals surface area contributed by atoms with Gasteiger partial charge in [0, 0.05) is 23.2 Å². The Morgan fingerprint density at radius 3 is 2.52 bits per heavy atom. The van der Waals surface area contributed by atoms with E-state index in [-0.39, 0.29) is 12.2 Å². The molecule has 1 aromatic heterocycles. The lowest BCUT2D eigenvalue weighted by Gasteiger charge is -1.95. The molecule has 3 aromatic rings. The van der Waals surface area contributed by atoms with Crippen LogP contribution in [0.2, 0.25) is 0 Å². The first kappa shape index (κ1) is 16.6. The second kappa shape index (κ2) is 8.03. The molecular weight excluding hydrogens is 290 g/mol. The number of carbonyl (C=O) groups is 1. The average molecular weight is 311 g/mol. The SMILES string of the molecule is CCCc1ccccc1.O=C(O)Cc1c[nH]c2cc(O)ccc12. The molecule has 0 bridgehead atoms. The molecule has 0 aliphatic carbocycles. The lowest BCUT2D eigenvalue weighted by atomic mass is 10.1. The second-order valence-electron chi connectivity index (χ2n) is 5.35. The van der Waals surface area contributed by atoms with E-state index < -0.39 is 5.97 Å². The molecule has 0 atom stereocenters. The number of phenols is 1. The molecule has 4 nitrogen and oxygen atoms in total. The Balaban J connectivity index is 0.000000185. The van der Waals surface area contributed by atoms with Gasteiger partial charge in [0.25, 0.3) is 0 Å². The molecule has 3 N–H and O–H groups in total. The zero-order chi connectivity index (χ0) is 16.7. The standard InChI is InChI=1S/C10H9NO3.C9H12/c12-7-1-2-8-6(3-10(13)14)5-11-9(8)4-7;1-2-6-9-7-4-3-5-8-9/h1-2,4-5,11-12H,3H2,(H,13,14);3-5,7-8H,2,6H2,1H3. The van der Waals surface area contributed by atoms with Crippen molar-refractivity contribution in [3.05, 3.63) is 65.9 Å². The number of rotatable bonds is 4. The van der Waals surface area contributed by atoms with Crippen LogP contribution < -0.4 is 0 Å². The highest BCUT2D eigenvalue weighted by Crippen LogP contribution is 2.22. The number of phenolic OH excluding ortho intramolecular Hbond substituents is 1. The van der Waals surface area contributed by atoms with E-state index in [0.717, 1.165) is 16.5 Å². The van der Waals surface area contributed by atoms with Crippen LogP contribution in [0.4, 0.5) is 0 Å². The fraction of sp³-hybridized carbons (Fsp3) is 0.211. The molecule has 23 heavy (non-hydrogen) atoms. The van der Waals surface area contributed by atoms with E-state index >= 15 is 0 Å². The lowest BCUT2D eigenvalue weighted by molar-refractivity contribution is -0.136. The van der Waals surface area contributed by atoms with Crippen LogP contribution in [0.5, 0.6) is 5.75 Å². The molecule has 1 heterocycles. The van der Waals surface area contributed by atoms with Gasteiger partial charge in [-0.15, -0.1) is 0 Å². The van der Waals surface area contributed by atoms with E-state index in [2.05, 4.69) is 42.2 Å². The summed E-state index contributed by atoms with van der Waals surface area (Å²) in [5, 5.41) is 18.7. The molecule has 0 aliphatic heterocycles. The number of hydrogen-bond donors (Lipinski definition) is 3. The predicted molar refractivity (Wildman–Crippen MR) is 91.7 cm³/mol. The Bertz CT molecular complexity index is 763. The van der Waals surface area contributed by atoms with Crippen LogP contribution in [-0.4, -0.2) is 21.2 Å². The van der Waals surface area contributed by atoms with Crippen molar-refractivity contribution in [3.8, 4) is 5.75 Å². The molecule has 0 saturated heterocycles. The van der Waals surface area contributed by atoms with Gasteiger partial charge in [0.2, 0.25) is 0 Å². The fourth-order valence-electron chi connectivity index (χ4n) is 2.42. The van der Waals surface area contributed by atoms with Crippen LogP contribution in [0.3, 0.4) is 0 Å². The summed E-state index contributed by atoms with van der Waals surface area (Å²) >= 11 is 0. The molecular formula is C19H21NO3. The van der Waals surface area contributed by atoms with Gasteiger partial charge in [-0.1, -0.05) is 43.7 Å². The van der Waals surface area contributed by atoms with Gasteiger partial charge >= 0.3 is 5.97 Å². The maximum atomic E-state index is 10.5. The van der Waals surface area contributed by atoms with Crippen LogP contribution in [-0.2, 0) is 17.6 Å². The maximum Gasteiger partial charge on any atom is 0.307 e. The smallest absolute Gasteiger partial charge is 0.307 e. The number of nitrogens with one attached hydrogen (secondary N) is 1. The van der Waals surface area contributed by atoms with Crippen molar-refractivity contribution in [1.29, 1.82) is 0 Å². The minimum Gasteiger partial charge on any atom is -0.508 e. The van der Waals surface area contributed by atoms with Gasteiger partial charge < -0.3 is 15.2 Å². The van der Waals surface area contributed by atoms with Gasteiger partial charge in [-0.05, 0) is 29.7 Å². The molecule has 0 fully saturated rings. The Morgan fingerprint density at radius 1 is 1.13 bits per heavy atom. The van der Waals surface area contributed by atoms with Gasteiger partial charge in [0.05, 0.1) is 6.42 Å². The molecule has 0 radical (unpaired) electrons. The van der Waals surface area contributed by atoms with Gasteiger partial charge in [-0.3, -0.25) is 4.79 Å². The van der Waals surface area contributed by atoms with Crippen molar-refractivity contribution in [3.63, 3.8) is 0 Å². The molecule has 0 spiro atoms. The minimum absolute atomic E-state index is 0.00915. The Kier molecular flexibility index (Phi) is 5.80. The van der Waals surface area contributed by atoms with Crippen molar-refractivity contribution in [2.24, 2.45) is 0 Å². The van der Waals surface area contributed by atoms with Gasteiger partial charge in [0.1, 0.15) is 5.75 Å². The normalized spacial score (nSPS) is 10.1. The highest BCUT2D eigenvalue weighted by Gasteiger charge is 2.07.